The van der Waals surface area contributed by atoms with E-state index in [0.29, 0.717) is 36.0 Å². The van der Waals surface area contributed by atoms with Crippen molar-refractivity contribution in [3.63, 3.8) is 0 Å². The molecule has 4 rings (SSSR count). The summed E-state index contributed by atoms with van der Waals surface area (Å²) in [4.78, 5) is 31.8. The molecular formula is C24H25N3O4. The lowest BCUT2D eigenvalue weighted by atomic mass is 9.97. The summed E-state index contributed by atoms with van der Waals surface area (Å²) >= 11 is 0. The number of aryl methyl sites for hydroxylation is 1. The van der Waals surface area contributed by atoms with E-state index < -0.39 is 5.91 Å². The largest absolute Gasteiger partial charge is 0.441 e. The summed E-state index contributed by atoms with van der Waals surface area (Å²) in [5.41, 5.74) is 2.04. The number of likely N-dealkylation sites (tertiary alicyclic amines) is 1. The third-order valence-electron chi connectivity index (χ3n) is 5.56. The predicted octanol–water partition coefficient (Wildman–Crippen LogP) is 3.75. The molecular weight excluding hydrogens is 394 g/mol. The zero-order chi connectivity index (χ0) is 21.8. The lowest BCUT2D eigenvalue weighted by molar-refractivity contribution is 0.0650. The predicted molar refractivity (Wildman–Crippen MR) is 117 cm³/mol. The van der Waals surface area contributed by atoms with Crippen LogP contribution >= 0.6 is 0 Å². The molecule has 2 aromatic carbocycles. The average Bonchev–Trinajstić information content (AvgIpc) is 3.21. The van der Waals surface area contributed by atoms with E-state index in [1.807, 2.05) is 30.3 Å². The van der Waals surface area contributed by atoms with Gasteiger partial charge in [0.2, 0.25) is 5.89 Å². The van der Waals surface area contributed by atoms with Crippen molar-refractivity contribution in [2.75, 3.05) is 25.0 Å². The molecule has 7 heteroatoms. The number of hydrogen-bond acceptors (Lipinski definition) is 5. The number of oxazole rings is 1. The van der Waals surface area contributed by atoms with Crippen molar-refractivity contribution >= 4 is 17.5 Å². The number of anilines is 1. The number of nitrogens with zero attached hydrogens (tertiary/aromatic N) is 2. The second-order valence-electron chi connectivity index (χ2n) is 7.74. The quantitative estimate of drug-likeness (QED) is 0.657. The Morgan fingerprint density at radius 3 is 2.58 bits per heavy atom. The fraction of sp³-hybridized carbons (Fsp3) is 0.292. The summed E-state index contributed by atoms with van der Waals surface area (Å²) < 4.78 is 5.67. The number of amides is 2. The number of hydrogen-bond donors (Lipinski definition) is 2. The Kier molecular flexibility index (Phi) is 6.13. The molecule has 1 saturated heterocycles. The molecule has 1 aliphatic rings. The van der Waals surface area contributed by atoms with Gasteiger partial charge in [-0.25, -0.2) is 4.98 Å². The van der Waals surface area contributed by atoms with Gasteiger partial charge in [-0.2, -0.15) is 0 Å². The first-order valence-electron chi connectivity index (χ1n) is 10.4. The maximum absolute atomic E-state index is 12.8. The van der Waals surface area contributed by atoms with Gasteiger partial charge in [-0.15, -0.1) is 0 Å². The van der Waals surface area contributed by atoms with Gasteiger partial charge in [0.05, 0.1) is 0 Å². The molecule has 0 aliphatic carbocycles. The Labute approximate surface area is 180 Å². The zero-order valence-electron chi connectivity index (χ0n) is 17.4. The van der Waals surface area contributed by atoms with Crippen molar-refractivity contribution in [2.45, 2.75) is 19.8 Å². The highest BCUT2D eigenvalue weighted by Gasteiger charge is 2.24. The number of piperidine rings is 1. The van der Waals surface area contributed by atoms with Crippen molar-refractivity contribution in [1.29, 1.82) is 0 Å². The van der Waals surface area contributed by atoms with E-state index in [9.17, 15) is 14.7 Å². The monoisotopic (exact) mass is 419 g/mol. The lowest BCUT2D eigenvalue weighted by Crippen LogP contribution is -2.39. The van der Waals surface area contributed by atoms with Gasteiger partial charge in [-0.1, -0.05) is 24.3 Å². The first-order chi connectivity index (χ1) is 15.0. The molecule has 0 radical (unpaired) electrons. The maximum atomic E-state index is 12.8. The second-order valence-corrected chi connectivity index (χ2v) is 7.74. The van der Waals surface area contributed by atoms with Crippen molar-refractivity contribution in [1.82, 2.24) is 9.88 Å². The molecule has 160 valence electrons. The molecule has 2 amide bonds. The maximum Gasteiger partial charge on any atom is 0.277 e. The zero-order valence-corrected chi connectivity index (χ0v) is 17.4. The van der Waals surface area contributed by atoms with Gasteiger partial charge in [0.1, 0.15) is 5.76 Å². The van der Waals surface area contributed by atoms with Gasteiger partial charge in [-0.05, 0) is 56.0 Å². The SMILES string of the molecule is Cc1oc(-c2ccccc2)nc1C(=O)Nc1cccc(C(=O)N2CCC(CO)CC2)c1. The minimum absolute atomic E-state index is 0.0727. The molecule has 7 nitrogen and oxygen atoms in total. The topological polar surface area (TPSA) is 95.7 Å². The molecule has 31 heavy (non-hydrogen) atoms. The standard InChI is InChI=1S/C24H25N3O4/c1-16-21(26-23(31-16)18-6-3-2-4-7-18)22(29)25-20-9-5-8-19(14-20)24(30)27-12-10-17(15-28)11-13-27/h2-9,14,17,28H,10-13,15H2,1H3,(H,25,29). The number of aliphatic hydroxyl groups is 1. The van der Waals surface area contributed by atoms with Crippen LogP contribution in [0, 0.1) is 12.8 Å². The molecule has 0 atom stereocenters. The number of nitrogens with one attached hydrogen (secondary N) is 1. The summed E-state index contributed by atoms with van der Waals surface area (Å²) in [7, 11) is 0. The Hall–Kier alpha value is -3.45. The van der Waals surface area contributed by atoms with Crippen LogP contribution in [0.1, 0.15) is 39.4 Å². The second kappa shape index (κ2) is 9.14. The highest BCUT2D eigenvalue weighted by atomic mass is 16.4. The molecule has 0 saturated carbocycles. The number of rotatable bonds is 5. The van der Waals surface area contributed by atoms with Crippen LogP contribution in [0.25, 0.3) is 11.5 Å². The summed E-state index contributed by atoms with van der Waals surface area (Å²) in [5, 5.41) is 12.1. The molecule has 2 N–H and O–H groups in total. The summed E-state index contributed by atoms with van der Waals surface area (Å²) in [5.74, 6) is 0.614. The Morgan fingerprint density at radius 2 is 1.87 bits per heavy atom. The van der Waals surface area contributed by atoms with Crippen LogP contribution in [-0.4, -0.2) is 46.5 Å². The molecule has 2 heterocycles. The van der Waals surface area contributed by atoms with Gasteiger partial charge in [0.25, 0.3) is 11.8 Å². The van der Waals surface area contributed by atoms with Crippen molar-refractivity contribution in [3.8, 4) is 11.5 Å². The van der Waals surface area contributed by atoms with Gasteiger partial charge < -0.3 is 19.7 Å². The van der Waals surface area contributed by atoms with Gasteiger partial charge in [-0.3, -0.25) is 9.59 Å². The van der Waals surface area contributed by atoms with Gasteiger partial charge >= 0.3 is 0 Å². The summed E-state index contributed by atoms with van der Waals surface area (Å²) in [6.45, 7) is 3.11. The minimum Gasteiger partial charge on any atom is -0.441 e. The van der Waals surface area contributed by atoms with Gasteiger partial charge in [0.15, 0.2) is 5.69 Å². The minimum atomic E-state index is -0.392. The number of aliphatic hydroxyl groups excluding tert-OH is 1. The number of benzene rings is 2. The van der Waals surface area contributed by atoms with Crippen LogP contribution in [0.3, 0.4) is 0 Å². The molecule has 1 fully saturated rings. The fourth-order valence-corrected chi connectivity index (χ4v) is 3.73. The molecule has 0 bridgehead atoms. The van der Waals surface area contributed by atoms with E-state index in [1.165, 1.54) is 0 Å². The number of carbonyl (C=O) groups is 2. The Balaban J connectivity index is 1.46. The number of carbonyl (C=O) groups excluding carboxylic acids is 2. The molecule has 1 aliphatic heterocycles. The average molecular weight is 419 g/mol. The first kappa shape index (κ1) is 20.8. The smallest absolute Gasteiger partial charge is 0.277 e. The van der Waals surface area contributed by atoms with Crippen molar-refractivity contribution in [2.24, 2.45) is 5.92 Å². The summed E-state index contributed by atoms with van der Waals surface area (Å²) in [6.07, 6.45) is 1.60. The van der Waals surface area contributed by atoms with Crippen LogP contribution in [0.2, 0.25) is 0 Å². The van der Waals surface area contributed by atoms with Crippen molar-refractivity contribution < 1.29 is 19.1 Å². The number of aromatic nitrogens is 1. The van der Waals surface area contributed by atoms with Crippen LogP contribution in [0.5, 0.6) is 0 Å². The van der Waals surface area contributed by atoms with E-state index in [2.05, 4.69) is 10.3 Å². The van der Waals surface area contributed by atoms with Crippen LogP contribution in [0.4, 0.5) is 5.69 Å². The van der Waals surface area contributed by atoms with E-state index in [0.717, 1.165) is 18.4 Å². The van der Waals surface area contributed by atoms with Gasteiger partial charge in [0, 0.05) is 36.5 Å². The van der Waals surface area contributed by atoms with E-state index in [1.54, 1.807) is 36.1 Å². The lowest BCUT2D eigenvalue weighted by Gasteiger charge is -2.31. The van der Waals surface area contributed by atoms with E-state index >= 15 is 0 Å². The molecule has 1 aromatic heterocycles. The third-order valence-corrected chi connectivity index (χ3v) is 5.56. The Bertz CT molecular complexity index is 1070. The highest BCUT2D eigenvalue weighted by Crippen LogP contribution is 2.23. The van der Waals surface area contributed by atoms with E-state index in [-0.39, 0.29) is 24.1 Å². The van der Waals surface area contributed by atoms with Crippen LogP contribution < -0.4 is 5.32 Å². The highest BCUT2D eigenvalue weighted by molar-refractivity contribution is 6.04. The normalized spacial score (nSPS) is 14.5. The van der Waals surface area contributed by atoms with Crippen molar-refractivity contribution in [3.05, 3.63) is 71.6 Å². The first-order valence-corrected chi connectivity index (χ1v) is 10.4. The molecule has 3 aromatic rings. The van der Waals surface area contributed by atoms with Crippen LogP contribution in [0.15, 0.2) is 59.0 Å². The Morgan fingerprint density at radius 1 is 1.13 bits per heavy atom. The van der Waals surface area contributed by atoms with E-state index in [4.69, 9.17) is 4.42 Å². The molecule has 0 spiro atoms. The third kappa shape index (κ3) is 4.67. The summed E-state index contributed by atoms with van der Waals surface area (Å²) in [6, 6.07) is 16.3. The van der Waals surface area contributed by atoms with Crippen LogP contribution in [-0.2, 0) is 0 Å². The molecule has 0 unspecified atom stereocenters. The fourth-order valence-electron chi connectivity index (χ4n) is 3.73.